The van der Waals surface area contributed by atoms with Gasteiger partial charge in [0.25, 0.3) is 0 Å². The molecule has 0 saturated heterocycles. The highest BCUT2D eigenvalue weighted by atomic mass is 16.5. The van der Waals surface area contributed by atoms with Crippen LogP contribution < -0.4 is 19.7 Å². The molecule has 0 aliphatic heterocycles. The van der Waals surface area contributed by atoms with E-state index in [1.807, 2.05) is 44.2 Å². The van der Waals surface area contributed by atoms with Gasteiger partial charge in [0.1, 0.15) is 0 Å². The maximum absolute atomic E-state index is 12.3. The second kappa shape index (κ2) is 9.78. The van der Waals surface area contributed by atoms with Gasteiger partial charge in [-0.25, -0.2) is 0 Å². The van der Waals surface area contributed by atoms with E-state index in [-0.39, 0.29) is 18.2 Å². The number of anilines is 1. The number of rotatable bonds is 8. The van der Waals surface area contributed by atoms with Gasteiger partial charge in [-0.1, -0.05) is 24.3 Å². The first kappa shape index (κ1) is 21.3. The summed E-state index contributed by atoms with van der Waals surface area (Å²) in [5, 5.41) is 2.89. The normalized spacial score (nSPS) is 10.3. The zero-order valence-corrected chi connectivity index (χ0v) is 17.2. The molecule has 0 unspecified atom stereocenters. The van der Waals surface area contributed by atoms with Crippen LogP contribution in [0, 0.1) is 13.8 Å². The summed E-state index contributed by atoms with van der Waals surface area (Å²) in [4.78, 5) is 26.1. The van der Waals surface area contributed by atoms with E-state index in [0.29, 0.717) is 24.6 Å². The van der Waals surface area contributed by atoms with E-state index in [2.05, 4.69) is 5.32 Å². The number of hydrogen-bond acceptors (Lipinski definition) is 4. The molecule has 2 aromatic rings. The Balaban J connectivity index is 1.98. The molecule has 1 N–H and O–H groups in total. The number of nitrogens with zero attached hydrogens (tertiary/aromatic N) is 1. The van der Waals surface area contributed by atoms with E-state index in [9.17, 15) is 9.59 Å². The van der Waals surface area contributed by atoms with Crippen LogP contribution in [0.2, 0.25) is 0 Å². The molecule has 0 spiro atoms. The van der Waals surface area contributed by atoms with Gasteiger partial charge in [0.2, 0.25) is 11.8 Å². The molecule has 6 heteroatoms. The minimum atomic E-state index is -0.118. The Morgan fingerprint density at radius 3 is 2.21 bits per heavy atom. The number of hydrogen-bond donors (Lipinski definition) is 1. The number of aryl methyl sites for hydroxylation is 2. The maximum Gasteiger partial charge on any atom is 0.223 e. The summed E-state index contributed by atoms with van der Waals surface area (Å²) in [6.07, 6.45) is 0.223. The van der Waals surface area contributed by atoms with Crippen LogP contribution in [-0.2, 0) is 16.1 Å². The first-order valence-electron chi connectivity index (χ1n) is 9.19. The topological polar surface area (TPSA) is 67.9 Å². The molecule has 2 rings (SSSR count). The first-order chi connectivity index (χ1) is 13.4. The largest absolute Gasteiger partial charge is 0.493 e. The van der Waals surface area contributed by atoms with Gasteiger partial charge in [-0.3, -0.25) is 9.59 Å². The lowest BCUT2D eigenvalue weighted by Gasteiger charge is -2.25. The molecule has 2 aromatic carbocycles. The van der Waals surface area contributed by atoms with Gasteiger partial charge in [0.15, 0.2) is 11.5 Å². The van der Waals surface area contributed by atoms with E-state index in [0.717, 1.165) is 22.4 Å². The van der Waals surface area contributed by atoms with Crippen LogP contribution in [0.3, 0.4) is 0 Å². The smallest absolute Gasteiger partial charge is 0.223 e. The molecule has 0 fully saturated rings. The third-order valence-corrected chi connectivity index (χ3v) is 4.59. The molecule has 150 valence electrons. The molecule has 0 aromatic heterocycles. The van der Waals surface area contributed by atoms with E-state index in [4.69, 9.17) is 9.47 Å². The number of para-hydroxylation sites is 1. The van der Waals surface area contributed by atoms with Crippen molar-refractivity contribution in [3.63, 3.8) is 0 Å². The summed E-state index contributed by atoms with van der Waals surface area (Å²) < 4.78 is 10.5. The van der Waals surface area contributed by atoms with E-state index in [1.54, 1.807) is 25.2 Å². The van der Waals surface area contributed by atoms with Crippen molar-refractivity contribution in [3.8, 4) is 11.5 Å². The molecule has 0 heterocycles. The Bertz CT molecular complexity index is 828. The number of benzene rings is 2. The van der Waals surface area contributed by atoms with E-state index in [1.165, 1.54) is 6.92 Å². The van der Waals surface area contributed by atoms with Crippen molar-refractivity contribution >= 4 is 17.5 Å². The zero-order chi connectivity index (χ0) is 20.7. The van der Waals surface area contributed by atoms with Gasteiger partial charge >= 0.3 is 0 Å². The second-order valence-electron chi connectivity index (χ2n) is 6.63. The number of carbonyl (C=O) groups excluding carboxylic acids is 2. The van der Waals surface area contributed by atoms with Crippen molar-refractivity contribution in [2.75, 3.05) is 25.7 Å². The number of ether oxygens (including phenoxy) is 2. The molecular formula is C22H28N2O4. The summed E-state index contributed by atoms with van der Waals surface area (Å²) in [5.74, 6) is 1.06. The monoisotopic (exact) mass is 384 g/mol. The average molecular weight is 384 g/mol. The standard InChI is InChI=1S/C22H28N2O4/c1-15-7-6-8-16(2)22(15)24(17(3)25)12-11-21(26)23-14-18-9-10-19(27-4)20(13-18)28-5/h6-10,13H,11-12,14H2,1-5H3,(H,23,26). The molecule has 2 amide bonds. The first-order valence-corrected chi connectivity index (χ1v) is 9.19. The van der Waals surface area contributed by atoms with Gasteiger partial charge in [-0.05, 0) is 42.7 Å². The Morgan fingerprint density at radius 2 is 1.64 bits per heavy atom. The van der Waals surface area contributed by atoms with Crippen LogP contribution in [0.4, 0.5) is 5.69 Å². The van der Waals surface area contributed by atoms with Gasteiger partial charge in [0.05, 0.1) is 14.2 Å². The molecule has 0 saturated carbocycles. The minimum Gasteiger partial charge on any atom is -0.493 e. The fourth-order valence-electron chi connectivity index (χ4n) is 3.15. The number of amides is 2. The van der Waals surface area contributed by atoms with Gasteiger partial charge in [-0.15, -0.1) is 0 Å². The Labute approximate surface area is 166 Å². The van der Waals surface area contributed by atoms with Crippen molar-refractivity contribution in [2.45, 2.75) is 33.7 Å². The molecule has 0 atom stereocenters. The fraction of sp³-hybridized carbons (Fsp3) is 0.364. The van der Waals surface area contributed by atoms with Crippen LogP contribution in [0.15, 0.2) is 36.4 Å². The summed E-state index contributed by atoms with van der Waals surface area (Å²) in [5.41, 5.74) is 3.81. The van der Waals surface area contributed by atoms with Gasteiger partial charge < -0.3 is 19.7 Å². The summed E-state index contributed by atoms with van der Waals surface area (Å²) in [6, 6.07) is 11.4. The number of carbonyl (C=O) groups is 2. The van der Waals surface area contributed by atoms with Crippen LogP contribution >= 0.6 is 0 Å². The molecule has 0 radical (unpaired) electrons. The van der Waals surface area contributed by atoms with E-state index < -0.39 is 0 Å². The zero-order valence-electron chi connectivity index (χ0n) is 17.2. The van der Waals surface area contributed by atoms with Crippen LogP contribution in [-0.4, -0.2) is 32.6 Å². The lowest BCUT2D eigenvalue weighted by molar-refractivity contribution is -0.121. The highest BCUT2D eigenvalue weighted by Crippen LogP contribution is 2.27. The van der Waals surface area contributed by atoms with Gasteiger partial charge in [-0.2, -0.15) is 0 Å². The lowest BCUT2D eigenvalue weighted by atomic mass is 10.1. The van der Waals surface area contributed by atoms with Crippen LogP contribution in [0.5, 0.6) is 11.5 Å². The van der Waals surface area contributed by atoms with Crippen molar-refractivity contribution < 1.29 is 19.1 Å². The highest BCUT2D eigenvalue weighted by molar-refractivity contribution is 5.94. The Morgan fingerprint density at radius 1 is 1.00 bits per heavy atom. The molecule has 0 bridgehead atoms. The quantitative estimate of drug-likeness (QED) is 0.758. The van der Waals surface area contributed by atoms with Crippen molar-refractivity contribution in [2.24, 2.45) is 0 Å². The third-order valence-electron chi connectivity index (χ3n) is 4.59. The minimum absolute atomic E-state index is 0.0786. The SMILES string of the molecule is COc1ccc(CNC(=O)CCN(C(C)=O)c2c(C)cccc2C)cc1OC. The Kier molecular flexibility index (Phi) is 7.44. The van der Waals surface area contributed by atoms with Gasteiger partial charge in [0, 0.05) is 32.1 Å². The average Bonchev–Trinajstić information content (AvgIpc) is 2.67. The van der Waals surface area contributed by atoms with Crippen LogP contribution in [0.1, 0.15) is 30.0 Å². The highest BCUT2D eigenvalue weighted by Gasteiger charge is 2.17. The summed E-state index contributed by atoms with van der Waals surface area (Å²) in [6.45, 7) is 6.17. The van der Waals surface area contributed by atoms with Crippen molar-refractivity contribution in [1.29, 1.82) is 0 Å². The van der Waals surface area contributed by atoms with Crippen molar-refractivity contribution in [3.05, 3.63) is 53.1 Å². The molecule has 28 heavy (non-hydrogen) atoms. The predicted molar refractivity (Wildman–Crippen MR) is 110 cm³/mol. The third kappa shape index (κ3) is 5.25. The predicted octanol–water partition coefficient (Wildman–Crippen LogP) is 3.38. The van der Waals surface area contributed by atoms with E-state index >= 15 is 0 Å². The molecular weight excluding hydrogens is 356 g/mol. The Hall–Kier alpha value is -3.02. The second-order valence-corrected chi connectivity index (χ2v) is 6.63. The summed E-state index contributed by atoms with van der Waals surface area (Å²) >= 11 is 0. The summed E-state index contributed by atoms with van der Waals surface area (Å²) in [7, 11) is 3.15. The van der Waals surface area contributed by atoms with Crippen molar-refractivity contribution in [1.82, 2.24) is 5.32 Å². The number of nitrogens with one attached hydrogen (secondary N) is 1. The maximum atomic E-state index is 12.3. The number of methoxy groups -OCH3 is 2. The molecule has 0 aliphatic carbocycles. The molecule has 6 nitrogen and oxygen atoms in total. The lowest BCUT2D eigenvalue weighted by Crippen LogP contribution is -2.34. The fourth-order valence-corrected chi connectivity index (χ4v) is 3.15. The molecule has 0 aliphatic rings. The van der Waals surface area contributed by atoms with Crippen LogP contribution in [0.25, 0.3) is 0 Å².